The number of carbonyl (C=O) groups excluding carboxylic acids is 1. The largest absolute Gasteiger partial charge is 0.478 e. The standard InChI is InChI=1S/C13H16N2O4/c1-13(2,3)19-12(18)15-14-8-9-6-4-5-7-10(9)11(16)17/h4-8H,1-3H3,(H,15,18)(H,16,17)/b14-8-. The summed E-state index contributed by atoms with van der Waals surface area (Å²) in [7, 11) is 0. The molecule has 0 aliphatic heterocycles. The molecular formula is C13H16N2O4. The van der Waals surface area contributed by atoms with Crippen LogP contribution in [0, 0.1) is 0 Å². The molecule has 0 unspecified atom stereocenters. The molecule has 6 nitrogen and oxygen atoms in total. The molecule has 2 N–H and O–H groups in total. The monoisotopic (exact) mass is 264 g/mol. The maximum absolute atomic E-state index is 11.3. The Bertz CT molecular complexity index is 504. The minimum absolute atomic E-state index is 0.109. The van der Waals surface area contributed by atoms with Gasteiger partial charge in [-0.25, -0.2) is 15.0 Å². The van der Waals surface area contributed by atoms with Gasteiger partial charge in [0.05, 0.1) is 11.8 Å². The molecule has 19 heavy (non-hydrogen) atoms. The van der Waals surface area contributed by atoms with Crippen LogP contribution in [0.15, 0.2) is 29.4 Å². The number of carboxylic acids is 1. The molecule has 102 valence electrons. The number of amides is 1. The summed E-state index contributed by atoms with van der Waals surface area (Å²) in [5.74, 6) is -1.06. The summed E-state index contributed by atoms with van der Waals surface area (Å²) >= 11 is 0. The van der Waals surface area contributed by atoms with Gasteiger partial charge < -0.3 is 9.84 Å². The van der Waals surface area contributed by atoms with Gasteiger partial charge in [0, 0.05) is 5.56 Å². The molecule has 0 radical (unpaired) electrons. The van der Waals surface area contributed by atoms with Gasteiger partial charge in [0.25, 0.3) is 0 Å². The number of ether oxygens (including phenoxy) is 1. The van der Waals surface area contributed by atoms with Crippen molar-refractivity contribution in [3.63, 3.8) is 0 Å². The number of hydrogen-bond donors (Lipinski definition) is 2. The maximum Gasteiger partial charge on any atom is 0.428 e. The van der Waals surface area contributed by atoms with E-state index in [1.165, 1.54) is 12.3 Å². The summed E-state index contributed by atoms with van der Waals surface area (Å²) in [6.45, 7) is 5.20. The topological polar surface area (TPSA) is 88.0 Å². The van der Waals surface area contributed by atoms with Crippen LogP contribution < -0.4 is 5.43 Å². The molecule has 0 heterocycles. The Morgan fingerprint density at radius 1 is 1.32 bits per heavy atom. The number of rotatable bonds is 3. The minimum atomic E-state index is -1.06. The van der Waals surface area contributed by atoms with Crippen LogP contribution in [0.5, 0.6) is 0 Å². The number of nitrogens with one attached hydrogen (secondary N) is 1. The highest BCUT2D eigenvalue weighted by Crippen LogP contribution is 2.07. The summed E-state index contributed by atoms with van der Waals surface area (Å²) in [5.41, 5.74) is 2.06. The molecule has 0 atom stereocenters. The zero-order chi connectivity index (χ0) is 14.5. The molecule has 1 rings (SSSR count). The molecular weight excluding hydrogens is 248 g/mol. The Kier molecular flexibility index (Phi) is 4.63. The molecule has 0 aliphatic rings. The summed E-state index contributed by atoms with van der Waals surface area (Å²) in [4.78, 5) is 22.2. The van der Waals surface area contributed by atoms with Crippen LogP contribution in [0.25, 0.3) is 0 Å². The summed E-state index contributed by atoms with van der Waals surface area (Å²) in [6.07, 6.45) is 0.560. The van der Waals surface area contributed by atoms with Crippen molar-refractivity contribution in [1.82, 2.24) is 5.43 Å². The molecule has 0 aliphatic carbocycles. The predicted molar refractivity (Wildman–Crippen MR) is 70.4 cm³/mol. The van der Waals surface area contributed by atoms with Gasteiger partial charge in [0.15, 0.2) is 0 Å². The van der Waals surface area contributed by atoms with Crippen LogP contribution in [-0.2, 0) is 4.74 Å². The van der Waals surface area contributed by atoms with E-state index in [4.69, 9.17) is 9.84 Å². The molecule has 0 bridgehead atoms. The maximum atomic E-state index is 11.3. The number of aromatic carboxylic acids is 1. The number of benzene rings is 1. The van der Waals surface area contributed by atoms with E-state index in [0.717, 1.165) is 0 Å². The van der Waals surface area contributed by atoms with Crippen molar-refractivity contribution in [2.45, 2.75) is 26.4 Å². The highest BCUT2D eigenvalue weighted by atomic mass is 16.6. The lowest BCUT2D eigenvalue weighted by Crippen LogP contribution is -2.29. The van der Waals surface area contributed by atoms with Gasteiger partial charge in [-0.3, -0.25) is 0 Å². The molecule has 1 amide bonds. The Morgan fingerprint density at radius 2 is 1.95 bits per heavy atom. The van der Waals surface area contributed by atoms with Crippen molar-refractivity contribution < 1.29 is 19.4 Å². The van der Waals surface area contributed by atoms with E-state index in [2.05, 4.69) is 10.5 Å². The Labute approximate surface area is 111 Å². The smallest absolute Gasteiger partial charge is 0.428 e. The average Bonchev–Trinajstić information content (AvgIpc) is 2.27. The van der Waals surface area contributed by atoms with Gasteiger partial charge in [-0.05, 0) is 26.8 Å². The third-order valence-corrected chi connectivity index (χ3v) is 1.95. The van der Waals surface area contributed by atoms with E-state index >= 15 is 0 Å². The highest BCUT2D eigenvalue weighted by molar-refractivity contribution is 5.98. The number of carboxylic acid groups (broad SMARTS) is 1. The molecule has 0 aromatic heterocycles. The van der Waals surface area contributed by atoms with Crippen LogP contribution >= 0.6 is 0 Å². The molecule has 0 spiro atoms. The first-order chi connectivity index (χ1) is 8.79. The third kappa shape index (κ3) is 5.20. The van der Waals surface area contributed by atoms with Crippen molar-refractivity contribution in [2.75, 3.05) is 0 Å². The second kappa shape index (κ2) is 5.99. The van der Waals surface area contributed by atoms with E-state index in [1.807, 2.05) is 0 Å². The molecule has 0 fully saturated rings. The fourth-order valence-electron chi connectivity index (χ4n) is 1.26. The van der Waals surface area contributed by atoms with Crippen LogP contribution in [0.1, 0.15) is 36.7 Å². The van der Waals surface area contributed by atoms with Crippen LogP contribution in [-0.4, -0.2) is 29.0 Å². The Balaban J connectivity index is 2.68. The average molecular weight is 264 g/mol. The summed E-state index contributed by atoms with van der Waals surface area (Å²) in [5, 5.41) is 12.6. The van der Waals surface area contributed by atoms with Crippen molar-refractivity contribution in [3.8, 4) is 0 Å². The first-order valence-corrected chi connectivity index (χ1v) is 5.64. The minimum Gasteiger partial charge on any atom is -0.478 e. The lowest BCUT2D eigenvalue weighted by molar-refractivity contribution is 0.0529. The molecule has 6 heteroatoms. The summed E-state index contributed by atoms with van der Waals surface area (Å²) in [6, 6.07) is 6.34. The van der Waals surface area contributed by atoms with Crippen molar-refractivity contribution >= 4 is 18.3 Å². The van der Waals surface area contributed by atoms with E-state index < -0.39 is 17.7 Å². The number of hydrogen-bond acceptors (Lipinski definition) is 4. The van der Waals surface area contributed by atoms with E-state index in [9.17, 15) is 9.59 Å². The number of nitrogens with zero attached hydrogens (tertiary/aromatic N) is 1. The van der Waals surface area contributed by atoms with Gasteiger partial charge in [-0.15, -0.1) is 0 Å². The van der Waals surface area contributed by atoms with Crippen molar-refractivity contribution in [3.05, 3.63) is 35.4 Å². The zero-order valence-corrected chi connectivity index (χ0v) is 11.0. The van der Waals surface area contributed by atoms with E-state index in [0.29, 0.717) is 5.56 Å². The second-order valence-electron chi connectivity index (χ2n) is 4.76. The fourth-order valence-corrected chi connectivity index (χ4v) is 1.26. The van der Waals surface area contributed by atoms with Crippen LogP contribution in [0.3, 0.4) is 0 Å². The van der Waals surface area contributed by atoms with E-state index in [-0.39, 0.29) is 5.56 Å². The number of hydrazone groups is 1. The molecule has 1 aromatic carbocycles. The quantitative estimate of drug-likeness (QED) is 0.647. The molecule has 0 saturated carbocycles. The Hall–Kier alpha value is -2.37. The lowest BCUT2D eigenvalue weighted by atomic mass is 10.1. The molecule has 0 saturated heterocycles. The Morgan fingerprint density at radius 3 is 2.53 bits per heavy atom. The highest BCUT2D eigenvalue weighted by Gasteiger charge is 2.15. The second-order valence-corrected chi connectivity index (χ2v) is 4.76. The van der Waals surface area contributed by atoms with Crippen molar-refractivity contribution in [2.24, 2.45) is 5.10 Å². The normalized spacial score (nSPS) is 11.3. The number of carbonyl (C=O) groups is 2. The third-order valence-electron chi connectivity index (χ3n) is 1.95. The van der Waals surface area contributed by atoms with Gasteiger partial charge in [0.1, 0.15) is 5.60 Å². The SMILES string of the molecule is CC(C)(C)OC(=O)N/N=C\c1ccccc1C(=O)O. The van der Waals surface area contributed by atoms with Gasteiger partial charge in [-0.2, -0.15) is 5.10 Å². The van der Waals surface area contributed by atoms with E-state index in [1.54, 1.807) is 39.0 Å². The van der Waals surface area contributed by atoms with Crippen LogP contribution in [0.2, 0.25) is 0 Å². The first-order valence-electron chi connectivity index (χ1n) is 5.64. The van der Waals surface area contributed by atoms with Crippen LogP contribution in [0.4, 0.5) is 4.79 Å². The summed E-state index contributed by atoms with van der Waals surface area (Å²) < 4.78 is 4.97. The predicted octanol–water partition coefficient (Wildman–Crippen LogP) is 2.24. The first kappa shape index (κ1) is 14.7. The van der Waals surface area contributed by atoms with Gasteiger partial charge in [-0.1, -0.05) is 18.2 Å². The van der Waals surface area contributed by atoms with Crippen molar-refractivity contribution in [1.29, 1.82) is 0 Å². The van der Waals surface area contributed by atoms with Gasteiger partial charge in [0.2, 0.25) is 0 Å². The lowest BCUT2D eigenvalue weighted by Gasteiger charge is -2.18. The zero-order valence-electron chi connectivity index (χ0n) is 11.0. The fraction of sp³-hybridized carbons (Fsp3) is 0.308. The van der Waals surface area contributed by atoms with Gasteiger partial charge >= 0.3 is 12.1 Å². The molecule has 1 aromatic rings.